The Balaban J connectivity index is 1.13. The van der Waals surface area contributed by atoms with Crippen LogP contribution < -0.4 is 14.5 Å². The molecule has 6 aromatic carbocycles. The molecule has 4 aromatic heterocycles. The first-order valence-corrected chi connectivity index (χ1v) is 21.0. The quantitative estimate of drug-likeness (QED) is 0.168. The minimum Gasteiger partial charge on any atom is -0.457 e. The SMILES string of the molecule is Cc1cc(C)c(N2CN(c3cc(Oc4ccc5c6ccccc6n(-c6cc(C(C)(C)C)ccn6)c5c4)cc4c3c3ccccc3n4-c3ccccc3)c3ncccc32)c(C)c1. The summed E-state index contributed by atoms with van der Waals surface area (Å²) in [5.74, 6) is 3.27. The second-order valence-electron chi connectivity index (χ2n) is 17.4. The van der Waals surface area contributed by atoms with E-state index in [2.05, 4.69) is 200 Å². The van der Waals surface area contributed by atoms with Gasteiger partial charge in [-0.25, -0.2) is 9.97 Å². The molecule has 0 saturated heterocycles. The third kappa shape index (κ3) is 5.94. The van der Waals surface area contributed by atoms with E-state index in [9.17, 15) is 0 Å². The predicted octanol–water partition coefficient (Wildman–Crippen LogP) is 13.9. The molecule has 0 unspecified atom stereocenters. The monoisotopic (exact) mass is 794 g/mol. The number of para-hydroxylation sites is 3. The first kappa shape index (κ1) is 36.7. The Morgan fingerprint density at radius 1 is 0.525 bits per heavy atom. The normalized spacial score (nSPS) is 13.0. The number of benzene rings is 6. The predicted molar refractivity (Wildman–Crippen MR) is 252 cm³/mol. The highest BCUT2D eigenvalue weighted by Gasteiger charge is 2.33. The molecule has 298 valence electrons. The van der Waals surface area contributed by atoms with Crippen LogP contribution in [0, 0.1) is 20.8 Å². The molecule has 0 N–H and O–H groups in total. The van der Waals surface area contributed by atoms with Crippen molar-refractivity contribution in [3.05, 3.63) is 180 Å². The van der Waals surface area contributed by atoms with Crippen LogP contribution in [0.25, 0.3) is 55.1 Å². The zero-order valence-corrected chi connectivity index (χ0v) is 35.3. The van der Waals surface area contributed by atoms with E-state index in [0.717, 1.165) is 78.4 Å². The molecule has 0 bridgehead atoms. The maximum absolute atomic E-state index is 7.09. The molecule has 7 nitrogen and oxygen atoms in total. The molecule has 0 radical (unpaired) electrons. The average molecular weight is 795 g/mol. The number of ether oxygens (including phenoxy) is 1. The van der Waals surface area contributed by atoms with Gasteiger partial charge in [-0.1, -0.05) is 93.1 Å². The Kier molecular flexibility index (Phi) is 8.33. The van der Waals surface area contributed by atoms with Crippen LogP contribution in [0.4, 0.5) is 22.9 Å². The van der Waals surface area contributed by atoms with E-state index in [1.165, 1.54) is 33.3 Å². The Labute approximate surface area is 355 Å². The van der Waals surface area contributed by atoms with Crippen molar-refractivity contribution in [3.8, 4) is 23.0 Å². The lowest BCUT2D eigenvalue weighted by Gasteiger charge is -2.26. The van der Waals surface area contributed by atoms with Crippen molar-refractivity contribution in [2.75, 3.05) is 16.5 Å². The van der Waals surface area contributed by atoms with Gasteiger partial charge < -0.3 is 19.1 Å². The van der Waals surface area contributed by atoms with Crippen molar-refractivity contribution < 1.29 is 4.74 Å². The third-order valence-corrected chi connectivity index (χ3v) is 12.3. The number of rotatable bonds is 6. The number of aryl methyl sites for hydroxylation is 3. The maximum atomic E-state index is 7.09. The number of hydrogen-bond acceptors (Lipinski definition) is 5. The first-order chi connectivity index (χ1) is 29.6. The fourth-order valence-corrected chi connectivity index (χ4v) is 9.65. The number of pyridine rings is 2. The highest BCUT2D eigenvalue weighted by molar-refractivity contribution is 6.17. The Hall–Kier alpha value is -7.38. The summed E-state index contributed by atoms with van der Waals surface area (Å²) in [6, 6.07) is 51.8. The lowest BCUT2D eigenvalue weighted by molar-refractivity contribution is 0.484. The average Bonchev–Trinajstić information content (AvgIpc) is 3.91. The molecule has 7 heteroatoms. The standard InChI is InChI=1S/C54H46N6O/c1-34-27-35(2)52(36(3)28-34)57-33-58(53-46(57)21-14-25-56-53)48-31-40(32-49-51(48)43-18-11-13-20-45(43)59(49)38-15-8-7-9-16-38)61-39-22-23-42-41-17-10-12-19-44(41)60(47(42)30-39)50-29-37(24-26-55-50)54(4,5)6/h7-32H,33H2,1-6H3. The van der Waals surface area contributed by atoms with Gasteiger partial charge in [-0.05, 0) is 104 Å². The molecule has 11 rings (SSSR count). The van der Waals surface area contributed by atoms with Gasteiger partial charge in [0.05, 0.1) is 33.4 Å². The van der Waals surface area contributed by atoms with Gasteiger partial charge >= 0.3 is 0 Å². The fraction of sp³-hybridized carbons (Fsp3) is 0.148. The van der Waals surface area contributed by atoms with Gasteiger partial charge in [0.2, 0.25) is 0 Å². The molecule has 1 aliphatic heterocycles. The van der Waals surface area contributed by atoms with Crippen molar-refractivity contribution in [3.63, 3.8) is 0 Å². The van der Waals surface area contributed by atoms with E-state index < -0.39 is 0 Å². The van der Waals surface area contributed by atoms with Crippen LogP contribution in [-0.4, -0.2) is 25.8 Å². The van der Waals surface area contributed by atoms with Gasteiger partial charge in [-0.2, -0.15) is 0 Å². The minimum atomic E-state index is -0.0243. The number of anilines is 4. The molecule has 5 heterocycles. The number of fused-ring (bicyclic) bond motifs is 7. The van der Waals surface area contributed by atoms with Crippen LogP contribution in [0.2, 0.25) is 0 Å². The van der Waals surface area contributed by atoms with E-state index in [-0.39, 0.29) is 5.41 Å². The summed E-state index contributed by atoms with van der Waals surface area (Å²) in [7, 11) is 0. The van der Waals surface area contributed by atoms with Crippen LogP contribution in [-0.2, 0) is 5.41 Å². The summed E-state index contributed by atoms with van der Waals surface area (Å²) >= 11 is 0. The van der Waals surface area contributed by atoms with Crippen LogP contribution in [0.1, 0.15) is 43.0 Å². The van der Waals surface area contributed by atoms with Gasteiger partial charge in [0.25, 0.3) is 0 Å². The summed E-state index contributed by atoms with van der Waals surface area (Å²) in [4.78, 5) is 14.8. The molecule has 0 aliphatic carbocycles. The summed E-state index contributed by atoms with van der Waals surface area (Å²) in [6.07, 6.45) is 3.82. The molecule has 0 spiro atoms. The van der Waals surface area contributed by atoms with E-state index in [1.807, 2.05) is 18.5 Å². The maximum Gasteiger partial charge on any atom is 0.158 e. The van der Waals surface area contributed by atoms with Crippen LogP contribution in [0.15, 0.2) is 158 Å². The first-order valence-electron chi connectivity index (χ1n) is 21.0. The van der Waals surface area contributed by atoms with Crippen molar-refractivity contribution >= 4 is 66.5 Å². The van der Waals surface area contributed by atoms with Gasteiger partial charge in [0, 0.05) is 63.5 Å². The number of hydrogen-bond donors (Lipinski definition) is 0. The molecule has 0 amide bonds. The number of nitrogens with zero attached hydrogens (tertiary/aromatic N) is 6. The zero-order chi connectivity index (χ0) is 41.6. The molecular weight excluding hydrogens is 749 g/mol. The second kappa shape index (κ2) is 13.8. The van der Waals surface area contributed by atoms with Crippen LogP contribution in [0.3, 0.4) is 0 Å². The second-order valence-corrected chi connectivity index (χ2v) is 17.4. The van der Waals surface area contributed by atoms with Gasteiger partial charge in [-0.15, -0.1) is 0 Å². The summed E-state index contributed by atoms with van der Waals surface area (Å²) in [6.45, 7) is 13.9. The number of aromatic nitrogens is 4. The van der Waals surface area contributed by atoms with Gasteiger partial charge in [0.1, 0.15) is 24.0 Å². The molecule has 10 aromatic rings. The van der Waals surface area contributed by atoms with Crippen molar-refractivity contribution in [2.45, 2.75) is 47.0 Å². The molecule has 0 atom stereocenters. The molecule has 0 saturated carbocycles. The summed E-state index contributed by atoms with van der Waals surface area (Å²) in [5, 5.41) is 4.63. The van der Waals surface area contributed by atoms with Crippen molar-refractivity contribution in [1.82, 2.24) is 19.1 Å². The smallest absolute Gasteiger partial charge is 0.158 e. The molecule has 0 fully saturated rings. The lowest BCUT2D eigenvalue weighted by atomic mass is 9.88. The van der Waals surface area contributed by atoms with E-state index >= 15 is 0 Å². The summed E-state index contributed by atoms with van der Waals surface area (Å²) < 4.78 is 11.7. The lowest BCUT2D eigenvalue weighted by Crippen LogP contribution is -2.25. The van der Waals surface area contributed by atoms with Gasteiger partial charge in [-0.3, -0.25) is 4.57 Å². The van der Waals surface area contributed by atoms with Crippen LogP contribution >= 0.6 is 0 Å². The largest absolute Gasteiger partial charge is 0.457 e. The molecule has 1 aliphatic rings. The summed E-state index contributed by atoms with van der Waals surface area (Å²) in [5.41, 5.74) is 13.7. The fourth-order valence-electron chi connectivity index (χ4n) is 9.65. The van der Waals surface area contributed by atoms with Crippen LogP contribution in [0.5, 0.6) is 11.5 Å². The third-order valence-electron chi connectivity index (χ3n) is 12.3. The van der Waals surface area contributed by atoms with E-state index in [0.29, 0.717) is 6.67 Å². The Morgan fingerprint density at radius 2 is 1.21 bits per heavy atom. The molecular formula is C54H46N6O. The highest BCUT2D eigenvalue weighted by Crippen LogP contribution is 2.50. The van der Waals surface area contributed by atoms with E-state index in [1.54, 1.807) is 0 Å². The highest BCUT2D eigenvalue weighted by atomic mass is 16.5. The zero-order valence-electron chi connectivity index (χ0n) is 35.3. The van der Waals surface area contributed by atoms with Crippen molar-refractivity contribution in [2.24, 2.45) is 0 Å². The van der Waals surface area contributed by atoms with E-state index in [4.69, 9.17) is 14.7 Å². The minimum absolute atomic E-state index is 0.0243. The Bertz CT molecular complexity index is 3330. The van der Waals surface area contributed by atoms with Gasteiger partial charge in [0.15, 0.2) is 5.82 Å². The van der Waals surface area contributed by atoms with Crippen molar-refractivity contribution in [1.29, 1.82) is 0 Å². The Morgan fingerprint density at radius 3 is 1.98 bits per heavy atom. The topological polar surface area (TPSA) is 51.4 Å². The molecule has 61 heavy (non-hydrogen) atoms.